The van der Waals surface area contributed by atoms with E-state index in [0.29, 0.717) is 29.6 Å². The van der Waals surface area contributed by atoms with E-state index in [9.17, 15) is 9.90 Å². The highest BCUT2D eigenvalue weighted by molar-refractivity contribution is 5.94. The van der Waals surface area contributed by atoms with Crippen LogP contribution < -0.4 is 9.47 Å². The lowest BCUT2D eigenvalue weighted by Crippen LogP contribution is -2.42. The fourth-order valence-corrected chi connectivity index (χ4v) is 4.65. The normalized spacial score (nSPS) is 22.6. The number of aliphatic hydroxyl groups is 1. The predicted molar refractivity (Wildman–Crippen MR) is 106 cm³/mol. The number of benzene rings is 1. The van der Waals surface area contributed by atoms with Crippen molar-refractivity contribution in [2.24, 2.45) is 5.92 Å². The number of aliphatic hydroxyl groups excluding tert-OH is 1. The molecule has 0 aromatic heterocycles. The van der Waals surface area contributed by atoms with Crippen LogP contribution in [0.2, 0.25) is 0 Å². The van der Waals surface area contributed by atoms with Crippen LogP contribution in [0.15, 0.2) is 18.2 Å². The molecule has 1 aliphatic heterocycles. The first kappa shape index (κ1) is 20.2. The molecule has 1 N–H and O–H groups in total. The Morgan fingerprint density at radius 2 is 1.96 bits per heavy atom. The van der Waals surface area contributed by atoms with Crippen LogP contribution in [0.4, 0.5) is 0 Å². The summed E-state index contributed by atoms with van der Waals surface area (Å²) in [4.78, 5) is 14.0. The van der Waals surface area contributed by atoms with Crippen molar-refractivity contribution < 1.29 is 19.4 Å². The first-order valence-electron chi connectivity index (χ1n) is 10.3. The van der Waals surface area contributed by atoms with Crippen LogP contribution >= 0.6 is 0 Å². The molecular formula is C22H33NO4. The molecular weight excluding hydrogens is 342 g/mol. The summed E-state index contributed by atoms with van der Waals surface area (Å²) < 4.78 is 11.1. The molecule has 1 aromatic rings. The lowest BCUT2D eigenvalue weighted by molar-refractivity contribution is 0.0490. The summed E-state index contributed by atoms with van der Waals surface area (Å²) in [6, 6.07) is 5.78. The molecule has 1 aliphatic carbocycles. The van der Waals surface area contributed by atoms with E-state index in [-0.39, 0.29) is 12.4 Å². The van der Waals surface area contributed by atoms with E-state index in [1.165, 1.54) is 51.9 Å². The van der Waals surface area contributed by atoms with Crippen LogP contribution in [-0.2, 0) is 0 Å². The van der Waals surface area contributed by atoms with E-state index >= 15 is 0 Å². The second-order valence-corrected chi connectivity index (χ2v) is 7.99. The van der Waals surface area contributed by atoms with Gasteiger partial charge in [-0.05, 0) is 63.3 Å². The van der Waals surface area contributed by atoms with E-state index in [0.717, 1.165) is 12.5 Å². The number of rotatable bonds is 8. The monoisotopic (exact) mass is 375 g/mol. The fourth-order valence-electron chi connectivity index (χ4n) is 4.65. The van der Waals surface area contributed by atoms with Crippen molar-refractivity contribution in [1.82, 2.24) is 4.90 Å². The van der Waals surface area contributed by atoms with Gasteiger partial charge in [0, 0.05) is 18.2 Å². The van der Waals surface area contributed by atoms with Crippen molar-refractivity contribution in [3.05, 3.63) is 23.8 Å². The summed E-state index contributed by atoms with van der Waals surface area (Å²) in [6.07, 6.45) is 8.73. The molecule has 2 fully saturated rings. The first-order chi connectivity index (χ1) is 13.1. The summed E-state index contributed by atoms with van der Waals surface area (Å²) in [5.41, 5.74) is 0.590. The SMILES string of the molecule is COc1cc(C(C)=O)ccc1OCC(O)CN1CCCC1C1CCCCC1. The maximum absolute atomic E-state index is 11.5. The number of likely N-dealkylation sites (tertiary alicyclic amines) is 1. The van der Waals surface area contributed by atoms with E-state index in [1.807, 2.05) is 0 Å². The van der Waals surface area contributed by atoms with Gasteiger partial charge in [-0.1, -0.05) is 19.3 Å². The number of β-amino-alcohol motifs (C(OH)–C–C–N with tert-alkyl or cyclic N) is 1. The zero-order valence-corrected chi connectivity index (χ0v) is 16.7. The molecule has 2 aliphatic rings. The predicted octanol–water partition coefficient (Wildman–Crippen LogP) is 3.68. The Bertz CT molecular complexity index is 627. The van der Waals surface area contributed by atoms with Crippen LogP contribution in [0.1, 0.15) is 62.2 Å². The molecule has 150 valence electrons. The Balaban J connectivity index is 1.53. The van der Waals surface area contributed by atoms with E-state index < -0.39 is 6.10 Å². The molecule has 1 saturated heterocycles. The van der Waals surface area contributed by atoms with Gasteiger partial charge in [-0.25, -0.2) is 0 Å². The number of Topliss-reactive ketones (excluding diaryl/α,β-unsaturated/α-hetero) is 1. The summed E-state index contributed by atoms with van der Waals surface area (Å²) in [5, 5.41) is 10.5. The lowest BCUT2D eigenvalue weighted by Gasteiger charge is -2.35. The average Bonchev–Trinajstić information content (AvgIpc) is 3.14. The lowest BCUT2D eigenvalue weighted by atomic mass is 9.83. The molecule has 0 spiro atoms. The van der Waals surface area contributed by atoms with Crippen LogP contribution in [0.3, 0.4) is 0 Å². The van der Waals surface area contributed by atoms with Gasteiger partial charge in [0.15, 0.2) is 17.3 Å². The van der Waals surface area contributed by atoms with Gasteiger partial charge in [-0.15, -0.1) is 0 Å². The quantitative estimate of drug-likeness (QED) is 0.703. The third kappa shape index (κ3) is 5.23. The highest BCUT2D eigenvalue weighted by atomic mass is 16.5. The van der Waals surface area contributed by atoms with Gasteiger partial charge in [-0.2, -0.15) is 0 Å². The molecule has 3 rings (SSSR count). The second-order valence-electron chi connectivity index (χ2n) is 7.99. The molecule has 5 nitrogen and oxygen atoms in total. The van der Waals surface area contributed by atoms with Gasteiger partial charge in [-0.3, -0.25) is 9.69 Å². The highest BCUT2D eigenvalue weighted by Gasteiger charge is 2.33. The molecule has 27 heavy (non-hydrogen) atoms. The minimum Gasteiger partial charge on any atom is -0.493 e. The Morgan fingerprint density at radius 1 is 1.19 bits per heavy atom. The van der Waals surface area contributed by atoms with Crippen molar-refractivity contribution in [3.8, 4) is 11.5 Å². The topological polar surface area (TPSA) is 59.0 Å². The Labute approximate surface area is 162 Å². The Kier molecular flexibility index (Phi) is 7.13. The molecule has 1 aromatic carbocycles. The van der Waals surface area contributed by atoms with Gasteiger partial charge in [0.05, 0.1) is 7.11 Å². The van der Waals surface area contributed by atoms with Crippen molar-refractivity contribution in [2.75, 3.05) is 26.8 Å². The van der Waals surface area contributed by atoms with Crippen LogP contribution in [0.5, 0.6) is 11.5 Å². The molecule has 2 atom stereocenters. The van der Waals surface area contributed by atoms with Gasteiger partial charge in [0.1, 0.15) is 12.7 Å². The van der Waals surface area contributed by atoms with E-state index in [2.05, 4.69) is 4.90 Å². The minimum absolute atomic E-state index is 0.0114. The van der Waals surface area contributed by atoms with Crippen molar-refractivity contribution in [2.45, 2.75) is 64.0 Å². The zero-order chi connectivity index (χ0) is 19.2. The number of nitrogens with zero attached hydrogens (tertiary/aromatic N) is 1. The third-order valence-electron chi connectivity index (χ3n) is 6.05. The van der Waals surface area contributed by atoms with Crippen molar-refractivity contribution in [3.63, 3.8) is 0 Å². The molecule has 0 radical (unpaired) electrons. The number of ether oxygens (including phenoxy) is 2. The molecule has 0 amide bonds. The van der Waals surface area contributed by atoms with Crippen molar-refractivity contribution >= 4 is 5.78 Å². The molecule has 0 bridgehead atoms. The average molecular weight is 376 g/mol. The standard InChI is InChI=1S/C22H33NO4/c1-16(24)18-10-11-21(22(13-18)26-2)27-15-19(25)14-23-12-6-9-20(23)17-7-4-3-5-8-17/h10-11,13,17,19-20,25H,3-9,12,14-15H2,1-2H3. The molecule has 1 saturated carbocycles. The van der Waals surface area contributed by atoms with Gasteiger partial charge in [0.25, 0.3) is 0 Å². The van der Waals surface area contributed by atoms with Gasteiger partial charge >= 0.3 is 0 Å². The number of methoxy groups -OCH3 is 1. The smallest absolute Gasteiger partial charge is 0.161 e. The summed E-state index contributed by atoms with van der Waals surface area (Å²) >= 11 is 0. The molecule has 1 heterocycles. The van der Waals surface area contributed by atoms with E-state index in [4.69, 9.17) is 9.47 Å². The van der Waals surface area contributed by atoms with Crippen LogP contribution in [0.25, 0.3) is 0 Å². The maximum atomic E-state index is 11.5. The van der Waals surface area contributed by atoms with Crippen LogP contribution in [0, 0.1) is 5.92 Å². The minimum atomic E-state index is -0.536. The van der Waals surface area contributed by atoms with Gasteiger partial charge < -0.3 is 14.6 Å². The summed E-state index contributed by atoms with van der Waals surface area (Å²) in [7, 11) is 1.56. The first-order valence-corrected chi connectivity index (χ1v) is 10.3. The number of hydrogen-bond donors (Lipinski definition) is 1. The van der Waals surface area contributed by atoms with Crippen molar-refractivity contribution in [1.29, 1.82) is 0 Å². The number of carbonyl (C=O) groups is 1. The summed E-state index contributed by atoms with van der Waals surface area (Å²) in [5.74, 6) is 1.87. The summed E-state index contributed by atoms with van der Waals surface area (Å²) in [6.45, 7) is 3.49. The molecule has 5 heteroatoms. The maximum Gasteiger partial charge on any atom is 0.161 e. The fraction of sp³-hybridized carbons (Fsp3) is 0.682. The largest absolute Gasteiger partial charge is 0.493 e. The van der Waals surface area contributed by atoms with E-state index in [1.54, 1.807) is 25.3 Å². The number of carbonyl (C=O) groups excluding carboxylic acids is 1. The second kappa shape index (κ2) is 9.56. The Morgan fingerprint density at radius 3 is 2.67 bits per heavy atom. The third-order valence-corrected chi connectivity index (χ3v) is 6.05. The molecule has 2 unspecified atom stereocenters. The highest BCUT2D eigenvalue weighted by Crippen LogP contribution is 2.34. The zero-order valence-electron chi connectivity index (χ0n) is 16.7. The van der Waals surface area contributed by atoms with Crippen LogP contribution in [-0.4, -0.2) is 54.7 Å². The van der Waals surface area contributed by atoms with Gasteiger partial charge in [0.2, 0.25) is 0 Å². The number of hydrogen-bond acceptors (Lipinski definition) is 5. The Hall–Kier alpha value is -1.59. The number of ketones is 1.